The zero-order valence-electron chi connectivity index (χ0n) is 10.2. The molecule has 19 heavy (non-hydrogen) atoms. The third kappa shape index (κ3) is 0.853. The average molecular weight is 242 g/mol. The van der Waals surface area contributed by atoms with Gasteiger partial charge in [-0.25, -0.2) is 0 Å². The summed E-state index contributed by atoms with van der Waals surface area (Å²) in [5.74, 6) is 0. The Morgan fingerprint density at radius 1 is 0.632 bits per heavy atom. The molecule has 0 amide bonds. The molecule has 4 aromatic rings. The third-order valence-corrected chi connectivity index (χ3v) is 4.80. The van der Waals surface area contributed by atoms with Crippen molar-refractivity contribution in [3.8, 4) is 0 Å². The highest BCUT2D eigenvalue weighted by atomic mass is 16.6. The standard InChI is InChI=1S/C18H10O/c1-2-9-4-5-10-6-7-12-16-13(18-17(12)19-18)8-11(3-1)14(9)15(10)16/h1-8,17-18H/t17-,18+/m0/s1. The molecular weight excluding hydrogens is 232 g/mol. The van der Waals surface area contributed by atoms with Crippen molar-refractivity contribution in [1.82, 2.24) is 0 Å². The lowest BCUT2D eigenvalue weighted by atomic mass is 9.91. The van der Waals surface area contributed by atoms with Crippen molar-refractivity contribution in [3.05, 3.63) is 59.7 Å². The maximum atomic E-state index is 5.79. The van der Waals surface area contributed by atoms with Crippen LogP contribution in [0, 0.1) is 0 Å². The van der Waals surface area contributed by atoms with E-state index in [1.165, 1.54) is 43.4 Å². The second-order valence-corrected chi connectivity index (χ2v) is 5.72. The first kappa shape index (κ1) is 8.89. The van der Waals surface area contributed by atoms with Crippen LogP contribution in [0.4, 0.5) is 0 Å². The predicted octanol–water partition coefficient (Wildman–Crippen LogP) is 4.71. The monoisotopic (exact) mass is 242 g/mol. The predicted molar refractivity (Wildman–Crippen MR) is 76.7 cm³/mol. The number of rotatable bonds is 0. The summed E-state index contributed by atoms with van der Waals surface area (Å²) in [6.45, 7) is 0. The van der Waals surface area contributed by atoms with Crippen molar-refractivity contribution in [2.24, 2.45) is 0 Å². The van der Waals surface area contributed by atoms with Gasteiger partial charge in [0, 0.05) is 0 Å². The van der Waals surface area contributed by atoms with Gasteiger partial charge in [-0.3, -0.25) is 0 Å². The molecule has 0 saturated carbocycles. The minimum absolute atomic E-state index is 0.323. The van der Waals surface area contributed by atoms with Gasteiger partial charge in [-0.15, -0.1) is 0 Å². The Hall–Kier alpha value is -2.12. The van der Waals surface area contributed by atoms with Crippen molar-refractivity contribution in [1.29, 1.82) is 0 Å². The fraction of sp³-hybridized carbons (Fsp3) is 0.111. The lowest BCUT2D eigenvalue weighted by molar-refractivity contribution is 0.374. The summed E-state index contributed by atoms with van der Waals surface area (Å²) in [5.41, 5.74) is 2.79. The molecule has 1 saturated heterocycles. The summed E-state index contributed by atoms with van der Waals surface area (Å²) in [6, 6.07) is 17.9. The molecule has 2 aliphatic rings. The van der Waals surface area contributed by atoms with Crippen LogP contribution in [0.5, 0.6) is 0 Å². The zero-order chi connectivity index (χ0) is 12.1. The molecule has 0 N–H and O–H groups in total. The van der Waals surface area contributed by atoms with Crippen molar-refractivity contribution in [2.75, 3.05) is 0 Å². The molecule has 1 heterocycles. The number of epoxide rings is 1. The van der Waals surface area contributed by atoms with Gasteiger partial charge in [0.15, 0.2) is 0 Å². The summed E-state index contributed by atoms with van der Waals surface area (Å²) >= 11 is 0. The van der Waals surface area contributed by atoms with Crippen LogP contribution in [0.1, 0.15) is 23.3 Å². The number of hydrogen-bond acceptors (Lipinski definition) is 1. The summed E-state index contributed by atoms with van der Waals surface area (Å²) in [5, 5.41) is 8.36. The largest absolute Gasteiger partial charge is 0.359 e. The molecule has 1 aliphatic carbocycles. The fourth-order valence-corrected chi connectivity index (χ4v) is 3.96. The van der Waals surface area contributed by atoms with Crippen molar-refractivity contribution < 1.29 is 4.74 Å². The van der Waals surface area contributed by atoms with Crippen LogP contribution < -0.4 is 0 Å². The van der Waals surface area contributed by atoms with E-state index in [4.69, 9.17) is 4.74 Å². The first-order valence-corrected chi connectivity index (χ1v) is 6.77. The van der Waals surface area contributed by atoms with E-state index < -0.39 is 0 Å². The molecule has 0 radical (unpaired) electrons. The molecule has 1 aliphatic heterocycles. The average Bonchev–Trinajstić information content (AvgIpc) is 3.19. The van der Waals surface area contributed by atoms with Crippen LogP contribution in [0.25, 0.3) is 32.3 Å². The normalized spacial score (nSPS) is 23.6. The molecule has 1 fully saturated rings. The Kier molecular flexibility index (Phi) is 1.21. The summed E-state index contributed by atoms with van der Waals surface area (Å²) in [7, 11) is 0. The highest BCUT2D eigenvalue weighted by Crippen LogP contribution is 2.61. The molecule has 0 aromatic heterocycles. The van der Waals surface area contributed by atoms with Gasteiger partial charge in [-0.1, -0.05) is 42.5 Å². The number of ether oxygens (including phenoxy) is 1. The molecule has 1 nitrogen and oxygen atoms in total. The van der Waals surface area contributed by atoms with E-state index in [1.807, 2.05) is 0 Å². The Labute approximate surface area is 109 Å². The Morgan fingerprint density at radius 3 is 2.32 bits per heavy atom. The van der Waals surface area contributed by atoms with Crippen LogP contribution in [-0.4, -0.2) is 0 Å². The SMILES string of the molecule is c1cc2ccc3ccc4c5c(cc(c1)c2c35)[C@H]1O[C@@H]41. The highest BCUT2D eigenvalue weighted by Gasteiger charge is 2.49. The van der Waals surface area contributed by atoms with E-state index >= 15 is 0 Å². The fourth-order valence-electron chi connectivity index (χ4n) is 3.96. The van der Waals surface area contributed by atoms with Gasteiger partial charge in [-0.05, 0) is 49.5 Å². The van der Waals surface area contributed by atoms with Gasteiger partial charge in [0.05, 0.1) is 0 Å². The lowest BCUT2D eigenvalue weighted by Gasteiger charge is -2.13. The molecular formula is C18H10O. The van der Waals surface area contributed by atoms with E-state index in [0.29, 0.717) is 12.2 Å². The number of hydrogen-bond donors (Lipinski definition) is 0. The number of benzene rings is 4. The van der Waals surface area contributed by atoms with E-state index in [9.17, 15) is 0 Å². The van der Waals surface area contributed by atoms with E-state index in [2.05, 4.69) is 48.5 Å². The third-order valence-electron chi connectivity index (χ3n) is 4.80. The van der Waals surface area contributed by atoms with Crippen molar-refractivity contribution in [2.45, 2.75) is 12.2 Å². The molecule has 1 heteroatoms. The van der Waals surface area contributed by atoms with Gasteiger partial charge in [0.1, 0.15) is 12.2 Å². The van der Waals surface area contributed by atoms with E-state index in [1.54, 1.807) is 0 Å². The quantitative estimate of drug-likeness (QED) is 0.321. The molecule has 88 valence electrons. The van der Waals surface area contributed by atoms with Crippen LogP contribution in [-0.2, 0) is 4.74 Å². The highest BCUT2D eigenvalue weighted by molar-refractivity contribution is 6.25. The van der Waals surface area contributed by atoms with E-state index in [-0.39, 0.29) is 0 Å². The summed E-state index contributed by atoms with van der Waals surface area (Å²) < 4.78 is 5.79. The second-order valence-electron chi connectivity index (χ2n) is 5.72. The maximum absolute atomic E-state index is 5.79. The van der Waals surface area contributed by atoms with Crippen molar-refractivity contribution >= 4 is 32.3 Å². The van der Waals surface area contributed by atoms with Crippen LogP contribution in [0.15, 0.2) is 48.5 Å². The first-order chi connectivity index (χ1) is 9.42. The zero-order valence-corrected chi connectivity index (χ0v) is 10.2. The smallest absolute Gasteiger partial charge is 0.114 e. The molecule has 4 aromatic carbocycles. The van der Waals surface area contributed by atoms with Crippen LogP contribution in [0.3, 0.4) is 0 Å². The number of fused-ring (bicyclic) bond motifs is 3. The van der Waals surface area contributed by atoms with Gasteiger partial charge in [-0.2, -0.15) is 0 Å². The van der Waals surface area contributed by atoms with Crippen LogP contribution in [0.2, 0.25) is 0 Å². The Bertz CT molecular complexity index is 999. The minimum atomic E-state index is 0.323. The molecule has 6 rings (SSSR count). The van der Waals surface area contributed by atoms with Gasteiger partial charge >= 0.3 is 0 Å². The summed E-state index contributed by atoms with van der Waals surface area (Å²) in [6.07, 6.45) is 0.652. The van der Waals surface area contributed by atoms with Gasteiger partial charge in [0.2, 0.25) is 0 Å². The van der Waals surface area contributed by atoms with Gasteiger partial charge in [0.25, 0.3) is 0 Å². The van der Waals surface area contributed by atoms with Gasteiger partial charge < -0.3 is 4.74 Å². The molecule has 2 atom stereocenters. The molecule has 0 spiro atoms. The Morgan fingerprint density at radius 2 is 1.37 bits per heavy atom. The van der Waals surface area contributed by atoms with E-state index in [0.717, 1.165) is 0 Å². The summed E-state index contributed by atoms with van der Waals surface area (Å²) in [4.78, 5) is 0. The second kappa shape index (κ2) is 2.59. The topological polar surface area (TPSA) is 12.5 Å². The molecule has 0 bridgehead atoms. The lowest BCUT2D eigenvalue weighted by Crippen LogP contribution is -1.89. The van der Waals surface area contributed by atoms with Crippen LogP contribution >= 0.6 is 0 Å². The Balaban J connectivity index is 2.06. The van der Waals surface area contributed by atoms with Crippen molar-refractivity contribution in [3.63, 3.8) is 0 Å². The minimum Gasteiger partial charge on any atom is -0.359 e. The maximum Gasteiger partial charge on any atom is 0.114 e. The molecule has 0 unspecified atom stereocenters. The first-order valence-electron chi connectivity index (χ1n) is 6.77.